The van der Waals surface area contributed by atoms with Gasteiger partial charge in [-0.2, -0.15) is 0 Å². The van der Waals surface area contributed by atoms with E-state index in [1.54, 1.807) is 38.1 Å². The number of nitrogens with one attached hydrogen (secondary N) is 1. The number of carbonyl (C=O) groups excluding carboxylic acids is 1. The number of rotatable bonds is 5. The fourth-order valence-electron chi connectivity index (χ4n) is 3.67. The highest BCUT2D eigenvalue weighted by Gasteiger charge is 2.27. The van der Waals surface area contributed by atoms with Gasteiger partial charge in [0.05, 0.1) is 23.2 Å². The van der Waals surface area contributed by atoms with Crippen molar-refractivity contribution in [1.82, 2.24) is 5.32 Å². The molecule has 2 heterocycles. The van der Waals surface area contributed by atoms with Crippen molar-refractivity contribution in [3.8, 4) is 0 Å². The second kappa shape index (κ2) is 20.4. The van der Waals surface area contributed by atoms with Crippen molar-refractivity contribution in [3.63, 3.8) is 0 Å². The van der Waals surface area contributed by atoms with E-state index in [-0.39, 0.29) is 36.0 Å². The molecule has 0 bridgehead atoms. The summed E-state index contributed by atoms with van der Waals surface area (Å²) >= 11 is 10.1. The quantitative estimate of drug-likeness (QED) is 0.248. The number of nitrogens with zero attached hydrogens (tertiary/aromatic N) is 2. The average Bonchev–Trinajstić information content (AvgIpc) is 3.55. The van der Waals surface area contributed by atoms with Crippen molar-refractivity contribution in [1.29, 1.82) is 0 Å². The molecule has 0 atom stereocenters. The molecule has 0 aromatic heterocycles. The lowest BCUT2D eigenvalue weighted by molar-refractivity contribution is 0.0869. The Morgan fingerprint density at radius 2 is 1.10 bits per heavy atom. The highest BCUT2D eigenvalue weighted by Crippen LogP contribution is 2.23. The molecular weight excluding hydrogens is 897 g/mol. The number of benzene rings is 3. The highest BCUT2D eigenvalue weighted by atomic mass is 79.9. The van der Waals surface area contributed by atoms with Crippen molar-refractivity contribution in [3.05, 3.63) is 103 Å². The maximum Gasteiger partial charge on any atom is 0.251 e. The molecule has 0 saturated carbocycles. The lowest BCUT2D eigenvalue weighted by atomic mass is 10.1. The van der Waals surface area contributed by atoms with Crippen LogP contribution in [0.15, 0.2) is 96.2 Å². The molecule has 15 heteroatoms. The fraction of sp³-hybridized carbons (Fsp3) is 0.364. The molecule has 3 aromatic carbocycles. The minimum atomic E-state index is -1.67. The van der Waals surface area contributed by atoms with Gasteiger partial charge in [0.15, 0.2) is 0 Å². The molecule has 48 heavy (non-hydrogen) atoms. The van der Waals surface area contributed by atoms with Crippen molar-refractivity contribution in [2.24, 2.45) is 9.98 Å². The number of aliphatic hydroxyl groups excluding tert-OH is 1. The molecule has 0 spiro atoms. The molecule has 2 N–H and O–H groups in total. The molecule has 3 aromatic rings. The highest BCUT2D eigenvalue weighted by molar-refractivity contribution is 9.11. The van der Waals surface area contributed by atoms with E-state index >= 15 is 0 Å². The van der Waals surface area contributed by atoms with E-state index in [9.17, 15) is 4.79 Å². The largest absolute Gasteiger partial charge is 0.475 e. The molecule has 0 aliphatic carbocycles. The minimum absolute atomic E-state index is 0. The van der Waals surface area contributed by atoms with Gasteiger partial charge in [-0.15, -0.1) is 12.4 Å². The summed E-state index contributed by atoms with van der Waals surface area (Å²) in [4.78, 5) is 20.7. The van der Waals surface area contributed by atoms with Crippen LogP contribution in [0, 0.1) is 0 Å². The van der Waals surface area contributed by atoms with Crippen LogP contribution in [0.25, 0.3) is 0 Å². The number of amides is 1. The van der Waals surface area contributed by atoms with Gasteiger partial charge in [0.2, 0.25) is 21.0 Å². The smallest absolute Gasteiger partial charge is 0.251 e. The van der Waals surface area contributed by atoms with Gasteiger partial charge < -0.3 is 19.9 Å². The van der Waals surface area contributed by atoms with Crippen LogP contribution in [0.1, 0.15) is 63.0 Å². The summed E-state index contributed by atoms with van der Waals surface area (Å²) in [7, 11) is 7.36. The van der Waals surface area contributed by atoms with E-state index in [4.69, 9.17) is 18.8 Å². The number of aliphatic hydroxyl groups is 1. The van der Waals surface area contributed by atoms with Gasteiger partial charge in [-0.05, 0) is 114 Å². The molecule has 264 valence electrons. The first-order chi connectivity index (χ1) is 21.8. The molecule has 0 saturated heterocycles. The average molecular weight is 936 g/mol. The molecule has 2 aliphatic rings. The predicted octanol–water partition coefficient (Wildman–Crippen LogP) is 9.42. The van der Waals surface area contributed by atoms with Crippen LogP contribution in [0.4, 0.5) is 0 Å². The normalized spacial score (nSPS) is 15.3. The van der Waals surface area contributed by atoms with Gasteiger partial charge in [-0.3, -0.25) is 4.79 Å². The third-order valence-corrected chi connectivity index (χ3v) is 7.65. The van der Waals surface area contributed by atoms with Crippen molar-refractivity contribution in [2.75, 3.05) is 19.8 Å². The third kappa shape index (κ3) is 16.9. The van der Waals surface area contributed by atoms with Crippen molar-refractivity contribution >= 4 is 108 Å². The third-order valence-electron chi connectivity index (χ3n) is 6.07. The summed E-state index contributed by atoms with van der Waals surface area (Å²) in [5.74, 6) is 1.33. The molecule has 1 amide bonds. The van der Waals surface area contributed by atoms with Crippen molar-refractivity contribution < 1.29 is 23.6 Å². The predicted molar refractivity (Wildman–Crippen MR) is 211 cm³/mol. The standard InChI is InChI=1S/C11H14BrNO2.2C11H12BrNO.Cl2OS.ClH/c1-11(2,7-14)13-10(15)8-3-5-9(12)6-4-8;2*1-11(2)7-14-10(13-11)8-3-5-9(12)6-4-8;1-4(2)3;/h3-6,14H,7H2,1-2H3,(H,13,15);2*3-6H,7H2,1-2H3;;1H. The van der Waals surface area contributed by atoms with Gasteiger partial charge in [-0.25, -0.2) is 14.2 Å². The Morgan fingerprint density at radius 1 is 0.792 bits per heavy atom. The van der Waals surface area contributed by atoms with E-state index in [2.05, 4.69) is 112 Å². The molecule has 5 rings (SSSR count). The van der Waals surface area contributed by atoms with Gasteiger partial charge in [0.25, 0.3) is 5.91 Å². The van der Waals surface area contributed by atoms with E-state index in [0.717, 1.165) is 36.3 Å². The topological polar surface area (TPSA) is 110 Å². The number of aliphatic imine (C=N–C) groups is 2. The van der Waals surface area contributed by atoms with Crippen LogP contribution in [-0.4, -0.2) is 63.5 Å². The van der Waals surface area contributed by atoms with Crippen molar-refractivity contribution in [2.45, 2.75) is 58.2 Å². The zero-order valence-electron chi connectivity index (χ0n) is 27.2. The van der Waals surface area contributed by atoms with Gasteiger partial charge >= 0.3 is 0 Å². The molecule has 2 aliphatic heterocycles. The second-order valence-electron chi connectivity index (χ2n) is 12.2. The summed E-state index contributed by atoms with van der Waals surface area (Å²) in [5, 5.41) is 11.7. The van der Waals surface area contributed by atoms with Gasteiger partial charge in [0, 0.05) is 51.5 Å². The Morgan fingerprint density at radius 3 is 1.38 bits per heavy atom. The van der Waals surface area contributed by atoms with E-state index in [1.807, 2.05) is 48.5 Å². The van der Waals surface area contributed by atoms with Crippen LogP contribution in [0.3, 0.4) is 0 Å². The zero-order valence-corrected chi connectivity index (χ0v) is 35.1. The summed E-state index contributed by atoms with van der Waals surface area (Å²) in [6.45, 7) is 13.1. The number of ether oxygens (including phenoxy) is 2. The maximum absolute atomic E-state index is 11.7. The second-order valence-corrected chi connectivity index (χ2v) is 17.5. The zero-order chi connectivity index (χ0) is 35.4. The summed E-state index contributed by atoms with van der Waals surface area (Å²) in [5.41, 5.74) is 1.91. The van der Waals surface area contributed by atoms with Gasteiger partial charge in [0.1, 0.15) is 13.2 Å². The summed E-state index contributed by atoms with van der Waals surface area (Å²) in [6.07, 6.45) is 0. The molecule has 0 fully saturated rings. The van der Waals surface area contributed by atoms with Crippen LogP contribution in [0.2, 0.25) is 0 Å². The SMILES string of the molecule is CC(C)(CO)NC(=O)c1ccc(Br)cc1.CC1(C)COC(c2ccc(Br)cc2)=N1.CC1(C)COC(c2ccc(Br)cc2)=N1.Cl.O=S(Cl)Cl. The van der Waals surface area contributed by atoms with E-state index in [0.29, 0.717) is 18.8 Å². The Hall–Kier alpha value is -1.51. The summed E-state index contributed by atoms with van der Waals surface area (Å²) < 4.78 is 23.2. The number of halogens is 6. The van der Waals surface area contributed by atoms with Gasteiger partial charge in [-0.1, -0.05) is 47.8 Å². The first-order valence-corrected chi connectivity index (χ1v) is 19.4. The first kappa shape index (κ1) is 44.5. The lowest BCUT2D eigenvalue weighted by Gasteiger charge is -2.23. The number of carbonyl (C=O) groups is 1. The Labute approximate surface area is 325 Å². The number of hydrogen-bond donors (Lipinski definition) is 2. The fourth-order valence-corrected chi connectivity index (χ4v) is 4.46. The molecule has 8 nitrogen and oxygen atoms in total. The maximum atomic E-state index is 11.7. The number of hydrogen-bond acceptors (Lipinski definition) is 7. The summed E-state index contributed by atoms with van der Waals surface area (Å²) in [6, 6.07) is 23.1. The molecule has 0 unspecified atom stereocenters. The van der Waals surface area contributed by atoms with Crippen LogP contribution >= 0.6 is 81.6 Å². The minimum Gasteiger partial charge on any atom is -0.475 e. The Kier molecular flexibility index (Phi) is 18.9. The van der Waals surface area contributed by atoms with E-state index in [1.165, 1.54) is 0 Å². The van der Waals surface area contributed by atoms with Crippen LogP contribution in [-0.2, 0) is 18.7 Å². The first-order valence-electron chi connectivity index (χ1n) is 14.2. The monoisotopic (exact) mass is 931 g/mol. The Balaban J connectivity index is 0.000000337. The van der Waals surface area contributed by atoms with Crippen LogP contribution < -0.4 is 5.32 Å². The lowest BCUT2D eigenvalue weighted by Crippen LogP contribution is -2.46. The van der Waals surface area contributed by atoms with E-state index < -0.39 is 14.8 Å². The Bertz CT molecular complexity index is 1480. The molecular formula is C33H39Br3Cl3N3O5S. The molecule has 0 radical (unpaired) electrons. The van der Waals surface area contributed by atoms with Crippen LogP contribution in [0.5, 0.6) is 0 Å².